The van der Waals surface area contributed by atoms with E-state index in [-0.39, 0.29) is 36.0 Å². The summed E-state index contributed by atoms with van der Waals surface area (Å²) in [6.45, 7) is 3.95. The number of carbonyl (C=O) groups is 3. The van der Waals surface area contributed by atoms with E-state index in [1.165, 1.54) is 12.0 Å². The molecule has 2 saturated carbocycles. The number of ether oxygens (including phenoxy) is 3. The second kappa shape index (κ2) is 14.4. The molecule has 2 aliphatic carbocycles. The number of nitrogens with one attached hydrogen (secondary N) is 1. The summed E-state index contributed by atoms with van der Waals surface area (Å²) >= 11 is 6.44. The molecular formula is C33H42ClN3O6. The van der Waals surface area contributed by atoms with Gasteiger partial charge in [-0.3, -0.25) is 4.79 Å². The Morgan fingerprint density at radius 1 is 1.16 bits per heavy atom. The highest BCUT2D eigenvalue weighted by molar-refractivity contribution is 6.31. The highest BCUT2D eigenvalue weighted by Gasteiger charge is 2.46. The maximum atomic E-state index is 14.2. The molecule has 2 heterocycles. The molecule has 0 unspecified atom stereocenters. The molecule has 1 aromatic heterocycles. The Bertz CT molecular complexity index is 1310. The van der Waals surface area contributed by atoms with Crippen molar-refractivity contribution in [2.45, 2.75) is 94.9 Å². The first kappa shape index (κ1) is 31.1. The van der Waals surface area contributed by atoms with Crippen LogP contribution in [-0.2, 0) is 19.1 Å². The fourth-order valence-corrected chi connectivity index (χ4v) is 7.17. The Balaban J connectivity index is 1.30. The quantitative estimate of drug-likeness (QED) is 0.139. The number of carbonyl (C=O) groups excluding carboxylic acids is 3. The Morgan fingerprint density at radius 3 is 2.72 bits per heavy atom. The van der Waals surface area contributed by atoms with E-state index in [1.807, 2.05) is 36.4 Å². The van der Waals surface area contributed by atoms with E-state index in [0.29, 0.717) is 11.7 Å². The lowest BCUT2D eigenvalue weighted by Gasteiger charge is -2.31. The van der Waals surface area contributed by atoms with Gasteiger partial charge in [0.05, 0.1) is 19.2 Å². The molecule has 0 radical (unpaired) electrons. The maximum absolute atomic E-state index is 14.2. The minimum atomic E-state index is -0.847. The molecule has 1 aromatic carbocycles. The van der Waals surface area contributed by atoms with Crippen LogP contribution >= 0.6 is 11.6 Å². The number of para-hydroxylation sites is 1. The molecule has 1 saturated heterocycles. The first-order valence-corrected chi connectivity index (χ1v) is 15.9. The van der Waals surface area contributed by atoms with Crippen molar-refractivity contribution in [3.05, 3.63) is 48.1 Å². The lowest BCUT2D eigenvalue weighted by atomic mass is 9.96. The minimum Gasteiger partial charge on any atom is -0.485 e. The standard InChI is InChI=1S/C33H42ClN3O6/c1-3-4-5-11-21-15-10-17-27(21)43-33(40)36-29(22-12-6-7-13-22)31(38)37-20-24(19-26(37)32(39)41-2)42-28-18-23-14-8-9-16-25(23)35-30(28)34/h3,8-9,14,16,18,21-22,24,26-27,29H,1,4-7,10-13,15,17,19-20H2,2H3,(H,36,40)/t21-,24-,26+,27-,29+/m1/s1. The highest BCUT2D eigenvalue weighted by Crippen LogP contribution is 2.35. The van der Waals surface area contributed by atoms with Crippen molar-refractivity contribution in [1.82, 2.24) is 15.2 Å². The number of halogens is 1. The molecular weight excluding hydrogens is 570 g/mol. The number of esters is 1. The van der Waals surface area contributed by atoms with Crippen LogP contribution in [0.1, 0.15) is 70.6 Å². The monoisotopic (exact) mass is 611 g/mol. The van der Waals surface area contributed by atoms with Crippen LogP contribution in [0, 0.1) is 11.8 Å². The topological polar surface area (TPSA) is 107 Å². The van der Waals surface area contributed by atoms with Gasteiger partial charge in [-0.15, -0.1) is 6.58 Å². The number of alkyl carbamates (subject to hydrolysis) is 1. The molecule has 43 heavy (non-hydrogen) atoms. The molecule has 2 aromatic rings. The third-order valence-corrected chi connectivity index (χ3v) is 9.47. The average molecular weight is 612 g/mol. The molecule has 0 bridgehead atoms. The van der Waals surface area contributed by atoms with Crippen LogP contribution in [0.4, 0.5) is 4.79 Å². The summed E-state index contributed by atoms with van der Waals surface area (Å²) in [4.78, 5) is 46.2. The van der Waals surface area contributed by atoms with Gasteiger partial charge in [0.2, 0.25) is 5.91 Å². The second-order valence-electron chi connectivity index (χ2n) is 12.0. The molecule has 10 heteroatoms. The zero-order chi connectivity index (χ0) is 30.3. The maximum Gasteiger partial charge on any atom is 0.408 e. The second-order valence-corrected chi connectivity index (χ2v) is 12.4. The zero-order valence-corrected chi connectivity index (χ0v) is 25.6. The Hall–Kier alpha value is -3.33. The average Bonchev–Trinajstić information content (AvgIpc) is 3.78. The van der Waals surface area contributed by atoms with Gasteiger partial charge >= 0.3 is 12.1 Å². The predicted molar refractivity (Wildman–Crippen MR) is 164 cm³/mol. The normalized spacial score (nSPS) is 24.6. The van der Waals surface area contributed by atoms with Crippen molar-refractivity contribution in [2.24, 2.45) is 11.8 Å². The lowest BCUT2D eigenvalue weighted by molar-refractivity contribution is -0.152. The van der Waals surface area contributed by atoms with Crippen LogP contribution in [0.3, 0.4) is 0 Å². The number of hydrogen-bond donors (Lipinski definition) is 1. The third kappa shape index (κ3) is 7.43. The third-order valence-electron chi connectivity index (χ3n) is 9.20. The number of pyridine rings is 1. The van der Waals surface area contributed by atoms with Gasteiger partial charge in [0.25, 0.3) is 0 Å². The van der Waals surface area contributed by atoms with E-state index in [0.717, 1.165) is 75.1 Å². The van der Waals surface area contributed by atoms with Gasteiger partial charge in [0.15, 0.2) is 10.9 Å². The van der Waals surface area contributed by atoms with Gasteiger partial charge < -0.3 is 24.4 Å². The van der Waals surface area contributed by atoms with Crippen LogP contribution < -0.4 is 10.1 Å². The van der Waals surface area contributed by atoms with Crippen LogP contribution in [0.2, 0.25) is 5.15 Å². The lowest BCUT2D eigenvalue weighted by Crippen LogP contribution is -2.55. The minimum absolute atomic E-state index is 0.0376. The number of amides is 2. The van der Waals surface area contributed by atoms with E-state index >= 15 is 0 Å². The summed E-state index contributed by atoms with van der Waals surface area (Å²) in [6, 6.07) is 7.74. The van der Waals surface area contributed by atoms with E-state index in [9.17, 15) is 14.4 Å². The fourth-order valence-electron chi connectivity index (χ4n) is 6.98. The zero-order valence-electron chi connectivity index (χ0n) is 24.8. The van der Waals surface area contributed by atoms with Crippen molar-refractivity contribution < 1.29 is 28.6 Å². The molecule has 2 amide bonds. The molecule has 0 spiro atoms. The van der Waals surface area contributed by atoms with Crippen LogP contribution in [0.15, 0.2) is 43.0 Å². The van der Waals surface area contributed by atoms with Gasteiger partial charge in [0.1, 0.15) is 24.3 Å². The number of methoxy groups -OCH3 is 1. The summed E-state index contributed by atoms with van der Waals surface area (Å²) in [5, 5.41) is 4.01. The van der Waals surface area contributed by atoms with Gasteiger partial charge in [-0.05, 0) is 75.3 Å². The van der Waals surface area contributed by atoms with Crippen LogP contribution in [0.5, 0.6) is 5.75 Å². The number of aromatic nitrogens is 1. The Morgan fingerprint density at radius 2 is 1.95 bits per heavy atom. The smallest absolute Gasteiger partial charge is 0.408 e. The summed E-state index contributed by atoms with van der Waals surface area (Å²) < 4.78 is 17.2. The van der Waals surface area contributed by atoms with Crippen molar-refractivity contribution >= 4 is 40.5 Å². The predicted octanol–water partition coefficient (Wildman–Crippen LogP) is 6.22. The van der Waals surface area contributed by atoms with E-state index in [1.54, 1.807) is 0 Å². The highest BCUT2D eigenvalue weighted by atomic mass is 35.5. The van der Waals surface area contributed by atoms with E-state index in [4.69, 9.17) is 25.8 Å². The van der Waals surface area contributed by atoms with Crippen molar-refractivity contribution in [3.63, 3.8) is 0 Å². The first-order chi connectivity index (χ1) is 20.9. The summed E-state index contributed by atoms with van der Waals surface area (Å²) in [7, 11) is 1.31. The Kier molecular flexibility index (Phi) is 10.4. The number of allylic oxidation sites excluding steroid dienone is 1. The number of rotatable bonds is 11. The van der Waals surface area contributed by atoms with Crippen molar-refractivity contribution in [3.8, 4) is 5.75 Å². The van der Waals surface area contributed by atoms with Crippen LogP contribution in [0.25, 0.3) is 10.9 Å². The Labute approximate surface area is 258 Å². The summed E-state index contributed by atoms with van der Waals surface area (Å²) in [5.74, 6) is -0.172. The van der Waals surface area contributed by atoms with Crippen molar-refractivity contribution in [2.75, 3.05) is 13.7 Å². The molecule has 1 aliphatic heterocycles. The summed E-state index contributed by atoms with van der Waals surface area (Å²) in [6.07, 6.45) is 10.4. The molecule has 9 nitrogen and oxygen atoms in total. The van der Waals surface area contributed by atoms with Gasteiger partial charge in [0, 0.05) is 11.8 Å². The fraction of sp³-hybridized carbons (Fsp3) is 0.576. The van der Waals surface area contributed by atoms with Gasteiger partial charge in [-0.1, -0.05) is 48.7 Å². The molecule has 5 rings (SSSR count). The SMILES string of the molecule is C=CCCC[C@@H]1CCC[C@H]1OC(=O)N[C@H](C(=O)N1C[C@H](Oc2cc3ccccc3nc2Cl)C[C@H]1C(=O)OC)C1CCCC1. The molecule has 1 N–H and O–H groups in total. The molecule has 3 aliphatic rings. The first-order valence-electron chi connectivity index (χ1n) is 15.6. The largest absolute Gasteiger partial charge is 0.485 e. The van der Waals surface area contributed by atoms with Crippen LogP contribution in [-0.4, -0.2) is 65.8 Å². The molecule has 232 valence electrons. The van der Waals surface area contributed by atoms with Gasteiger partial charge in [-0.25, -0.2) is 14.6 Å². The number of unbranched alkanes of at least 4 members (excludes halogenated alkanes) is 1. The number of likely N-dealkylation sites (tertiary alicyclic amines) is 1. The van der Waals surface area contributed by atoms with E-state index < -0.39 is 30.3 Å². The van der Waals surface area contributed by atoms with Gasteiger partial charge in [-0.2, -0.15) is 0 Å². The number of nitrogens with zero attached hydrogens (tertiary/aromatic N) is 2. The summed E-state index contributed by atoms with van der Waals surface area (Å²) in [5.41, 5.74) is 0.744. The number of fused-ring (bicyclic) bond motifs is 1. The van der Waals surface area contributed by atoms with E-state index in [2.05, 4.69) is 16.9 Å². The van der Waals surface area contributed by atoms with Crippen molar-refractivity contribution in [1.29, 1.82) is 0 Å². The number of benzene rings is 1. The molecule has 3 fully saturated rings. The molecule has 5 atom stereocenters. The number of hydrogen-bond acceptors (Lipinski definition) is 7.